The van der Waals surface area contributed by atoms with Gasteiger partial charge in [-0.25, -0.2) is 8.78 Å². The fourth-order valence-corrected chi connectivity index (χ4v) is 2.88. The number of piperazine rings is 1. The Morgan fingerprint density at radius 3 is 2.68 bits per heavy atom. The molecule has 2 aromatic heterocycles. The van der Waals surface area contributed by atoms with E-state index in [1.165, 1.54) is 18.5 Å². The first-order valence-corrected chi connectivity index (χ1v) is 8.60. The molecular formula is C18H16F2N6O2. The minimum atomic E-state index is -0.731. The molecule has 1 fully saturated rings. The van der Waals surface area contributed by atoms with Crippen molar-refractivity contribution in [1.82, 2.24) is 20.1 Å². The first-order chi connectivity index (χ1) is 13.6. The van der Waals surface area contributed by atoms with Crippen LogP contribution >= 0.6 is 0 Å². The zero-order valence-electron chi connectivity index (χ0n) is 14.7. The van der Waals surface area contributed by atoms with E-state index in [4.69, 9.17) is 4.42 Å². The molecule has 0 aliphatic carbocycles. The standard InChI is InChI=1S/C18H16F2N6O2/c19-12-3-4-14(13(20)10-12)22-16-11-21-24-18(23-16)26-7-5-25(6-8-26)17(27)15-2-1-9-28-15/h1-4,9-11H,5-8H2,(H,22,23,24). The van der Waals surface area contributed by atoms with Crippen LogP contribution in [0.1, 0.15) is 10.6 Å². The zero-order chi connectivity index (χ0) is 19.5. The molecule has 144 valence electrons. The van der Waals surface area contributed by atoms with Crippen molar-refractivity contribution >= 4 is 23.4 Å². The summed E-state index contributed by atoms with van der Waals surface area (Å²) in [4.78, 5) is 20.2. The van der Waals surface area contributed by atoms with E-state index >= 15 is 0 Å². The number of hydrogen-bond acceptors (Lipinski definition) is 7. The van der Waals surface area contributed by atoms with E-state index < -0.39 is 11.6 Å². The monoisotopic (exact) mass is 386 g/mol. The maximum atomic E-state index is 13.8. The van der Waals surface area contributed by atoms with Gasteiger partial charge in [0, 0.05) is 32.2 Å². The van der Waals surface area contributed by atoms with Gasteiger partial charge in [0.15, 0.2) is 11.6 Å². The van der Waals surface area contributed by atoms with Crippen LogP contribution < -0.4 is 10.2 Å². The summed E-state index contributed by atoms with van der Waals surface area (Å²) < 4.78 is 32.0. The number of aromatic nitrogens is 3. The number of nitrogens with zero attached hydrogens (tertiary/aromatic N) is 5. The average molecular weight is 386 g/mol. The molecule has 3 heterocycles. The summed E-state index contributed by atoms with van der Waals surface area (Å²) in [6.45, 7) is 1.99. The Balaban J connectivity index is 1.42. The van der Waals surface area contributed by atoms with Crippen LogP contribution in [-0.2, 0) is 0 Å². The lowest BCUT2D eigenvalue weighted by molar-refractivity contribution is 0.0714. The number of amides is 1. The fourth-order valence-electron chi connectivity index (χ4n) is 2.88. The van der Waals surface area contributed by atoms with Crippen LogP contribution in [0, 0.1) is 11.6 Å². The van der Waals surface area contributed by atoms with Crippen LogP contribution in [0.5, 0.6) is 0 Å². The van der Waals surface area contributed by atoms with Crippen molar-refractivity contribution in [2.75, 3.05) is 36.4 Å². The van der Waals surface area contributed by atoms with E-state index in [0.29, 0.717) is 37.9 Å². The molecular weight excluding hydrogens is 370 g/mol. The van der Waals surface area contributed by atoms with Crippen molar-refractivity contribution in [2.24, 2.45) is 0 Å². The normalized spacial score (nSPS) is 14.2. The highest BCUT2D eigenvalue weighted by Gasteiger charge is 2.25. The number of benzene rings is 1. The number of rotatable bonds is 4. The Morgan fingerprint density at radius 2 is 1.96 bits per heavy atom. The van der Waals surface area contributed by atoms with Gasteiger partial charge in [0.05, 0.1) is 18.1 Å². The number of hydrogen-bond donors (Lipinski definition) is 1. The van der Waals surface area contributed by atoms with E-state index in [0.717, 1.165) is 12.1 Å². The fraction of sp³-hybridized carbons (Fsp3) is 0.222. The molecule has 28 heavy (non-hydrogen) atoms. The first-order valence-electron chi connectivity index (χ1n) is 8.60. The summed E-state index contributed by atoms with van der Waals surface area (Å²) in [7, 11) is 0. The van der Waals surface area contributed by atoms with Gasteiger partial charge in [-0.15, -0.1) is 5.10 Å². The van der Waals surface area contributed by atoms with Crippen LogP contribution in [0.15, 0.2) is 47.2 Å². The molecule has 8 nitrogen and oxygen atoms in total. The van der Waals surface area contributed by atoms with Crippen LogP contribution in [0.2, 0.25) is 0 Å². The molecule has 0 atom stereocenters. The maximum absolute atomic E-state index is 13.8. The zero-order valence-corrected chi connectivity index (χ0v) is 14.7. The number of anilines is 3. The molecule has 0 spiro atoms. The Labute approximate surface area is 158 Å². The third kappa shape index (κ3) is 3.75. The molecule has 0 saturated carbocycles. The van der Waals surface area contributed by atoms with Gasteiger partial charge in [-0.2, -0.15) is 10.1 Å². The third-order valence-corrected chi connectivity index (χ3v) is 4.32. The highest BCUT2D eigenvalue weighted by atomic mass is 19.1. The van der Waals surface area contributed by atoms with Crippen LogP contribution in [0.3, 0.4) is 0 Å². The lowest BCUT2D eigenvalue weighted by Gasteiger charge is -2.34. The number of carbonyl (C=O) groups excluding carboxylic acids is 1. The number of halogens is 2. The second-order valence-electron chi connectivity index (χ2n) is 6.15. The Kier molecular flexibility index (Phi) is 4.83. The molecule has 0 unspecified atom stereocenters. The van der Waals surface area contributed by atoms with Gasteiger partial charge in [0.2, 0.25) is 5.95 Å². The van der Waals surface area contributed by atoms with Gasteiger partial charge in [-0.05, 0) is 24.3 Å². The second kappa shape index (κ2) is 7.59. The number of furan rings is 1. The molecule has 1 aliphatic rings. The number of carbonyl (C=O) groups is 1. The SMILES string of the molecule is O=C(c1ccco1)N1CCN(c2nncc(Nc3ccc(F)cc3F)n2)CC1. The largest absolute Gasteiger partial charge is 0.459 e. The third-order valence-electron chi connectivity index (χ3n) is 4.32. The van der Waals surface area contributed by atoms with E-state index in [9.17, 15) is 13.6 Å². The Morgan fingerprint density at radius 1 is 1.14 bits per heavy atom. The maximum Gasteiger partial charge on any atom is 0.289 e. The van der Waals surface area contributed by atoms with Gasteiger partial charge in [0.1, 0.15) is 11.6 Å². The van der Waals surface area contributed by atoms with Crippen molar-refractivity contribution in [1.29, 1.82) is 0 Å². The first kappa shape index (κ1) is 17.8. The van der Waals surface area contributed by atoms with Gasteiger partial charge in [-0.3, -0.25) is 4.79 Å². The molecule has 4 rings (SSSR count). The minimum Gasteiger partial charge on any atom is -0.459 e. The Hall–Kier alpha value is -3.56. The summed E-state index contributed by atoms with van der Waals surface area (Å²) in [5.74, 6) is -0.608. The molecule has 10 heteroatoms. The quantitative estimate of drug-likeness (QED) is 0.737. The Bertz CT molecular complexity index is 974. The summed E-state index contributed by atoms with van der Waals surface area (Å²) in [6.07, 6.45) is 2.81. The lowest BCUT2D eigenvalue weighted by atomic mass is 10.3. The summed E-state index contributed by atoms with van der Waals surface area (Å²) in [6, 6.07) is 6.52. The van der Waals surface area contributed by atoms with Crippen LogP contribution in [0.4, 0.5) is 26.2 Å². The lowest BCUT2D eigenvalue weighted by Crippen LogP contribution is -2.49. The van der Waals surface area contributed by atoms with E-state index in [1.807, 2.05) is 4.90 Å². The minimum absolute atomic E-state index is 0.0849. The van der Waals surface area contributed by atoms with E-state index in [-0.39, 0.29) is 17.4 Å². The van der Waals surface area contributed by atoms with Crippen molar-refractivity contribution in [2.45, 2.75) is 0 Å². The van der Waals surface area contributed by atoms with Crippen LogP contribution in [0.25, 0.3) is 0 Å². The topological polar surface area (TPSA) is 87.4 Å². The average Bonchev–Trinajstić information content (AvgIpc) is 3.25. The van der Waals surface area contributed by atoms with Crippen LogP contribution in [-0.4, -0.2) is 52.2 Å². The molecule has 0 radical (unpaired) electrons. The highest BCUT2D eigenvalue weighted by molar-refractivity contribution is 5.91. The van der Waals surface area contributed by atoms with Crippen molar-refractivity contribution < 1.29 is 18.0 Å². The second-order valence-corrected chi connectivity index (χ2v) is 6.15. The predicted octanol–water partition coefficient (Wildman–Crippen LogP) is 2.45. The van der Waals surface area contributed by atoms with Gasteiger partial charge >= 0.3 is 0 Å². The van der Waals surface area contributed by atoms with E-state index in [2.05, 4.69) is 20.5 Å². The molecule has 1 saturated heterocycles. The summed E-state index contributed by atoms with van der Waals surface area (Å²) in [5, 5.41) is 10.7. The molecule has 1 amide bonds. The predicted molar refractivity (Wildman–Crippen MR) is 96.3 cm³/mol. The van der Waals surface area contributed by atoms with Crippen molar-refractivity contribution in [3.63, 3.8) is 0 Å². The van der Waals surface area contributed by atoms with Gasteiger partial charge < -0.3 is 19.5 Å². The summed E-state index contributed by atoms with van der Waals surface area (Å²) in [5.41, 5.74) is 0.0849. The number of nitrogens with one attached hydrogen (secondary N) is 1. The molecule has 1 aromatic carbocycles. The van der Waals surface area contributed by atoms with Crippen molar-refractivity contribution in [3.8, 4) is 0 Å². The van der Waals surface area contributed by atoms with E-state index in [1.54, 1.807) is 17.0 Å². The van der Waals surface area contributed by atoms with Crippen molar-refractivity contribution in [3.05, 3.63) is 60.2 Å². The molecule has 3 aromatic rings. The summed E-state index contributed by atoms with van der Waals surface area (Å²) >= 11 is 0. The highest BCUT2D eigenvalue weighted by Crippen LogP contribution is 2.20. The molecule has 1 aliphatic heterocycles. The van der Waals surface area contributed by atoms with Gasteiger partial charge in [0.25, 0.3) is 5.91 Å². The molecule has 1 N–H and O–H groups in total. The molecule has 0 bridgehead atoms. The smallest absolute Gasteiger partial charge is 0.289 e. The van der Waals surface area contributed by atoms with Gasteiger partial charge in [-0.1, -0.05) is 0 Å².